The lowest BCUT2D eigenvalue weighted by atomic mass is 10.0. The molecule has 0 aliphatic rings. The molecule has 0 saturated carbocycles. The van der Waals surface area contributed by atoms with Gasteiger partial charge in [0.05, 0.1) is 11.4 Å². The highest BCUT2D eigenvalue weighted by atomic mass is 32.1. The molecule has 0 amide bonds. The Morgan fingerprint density at radius 1 is 1.00 bits per heavy atom. The van der Waals surface area contributed by atoms with E-state index in [0.717, 1.165) is 10.5 Å². The molecule has 3 rings (SSSR count). The third-order valence-corrected chi connectivity index (χ3v) is 3.72. The maximum Gasteiger partial charge on any atom is 0.449 e. The first kappa shape index (κ1) is 15.7. The predicted molar refractivity (Wildman–Crippen MR) is 86.5 cm³/mol. The average molecular weight is 334 g/mol. The van der Waals surface area contributed by atoms with Crippen LogP contribution >= 0.6 is 12.6 Å². The third kappa shape index (κ3) is 3.27. The van der Waals surface area contributed by atoms with Crippen molar-refractivity contribution in [2.45, 2.75) is 18.0 Å². The summed E-state index contributed by atoms with van der Waals surface area (Å²) in [5, 5.41) is 0. The molecule has 0 aliphatic carbocycles. The summed E-state index contributed by atoms with van der Waals surface area (Å²) in [5.41, 5.74) is 2.85. The third-order valence-electron chi connectivity index (χ3n) is 3.42. The van der Waals surface area contributed by atoms with Crippen LogP contribution in [0.5, 0.6) is 0 Å². The second-order valence-corrected chi connectivity index (χ2v) is 5.74. The number of aromatic nitrogens is 2. The lowest BCUT2D eigenvalue weighted by molar-refractivity contribution is -0.144. The molecule has 0 spiro atoms. The first-order valence-electron chi connectivity index (χ1n) is 6.88. The highest BCUT2D eigenvalue weighted by molar-refractivity contribution is 7.80. The Morgan fingerprint density at radius 3 is 2.30 bits per heavy atom. The summed E-state index contributed by atoms with van der Waals surface area (Å²) in [6.07, 6.45) is -4.53. The number of hydrogen-bond acceptors (Lipinski definition) is 2. The molecule has 0 radical (unpaired) electrons. The van der Waals surface area contributed by atoms with E-state index in [1.807, 2.05) is 19.1 Å². The largest absolute Gasteiger partial charge is 0.449 e. The van der Waals surface area contributed by atoms with Crippen LogP contribution in [-0.2, 0) is 6.18 Å². The number of H-pyrrole nitrogens is 1. The van der Waals surface area contributed by atoms with E-state index in [-0.39, 0.29) is 5.69 Å². The Labute approximate surface area is 136 Å². The summed E-state index contributed by atoms with van der Waals surface area (Å²) in [7, 11) is 0. The average Bonchev–Trinajstić information content (AvgIpc) is 2.93. The van der Waals surface area contributed by atoms with Crippen molar-refractivity contribution >= 4 is 12.6 Å². The summed E-state index contributed by atoms with van der Waals surface area (Å²) in [4.78, 5) is 6.94. The van der Waals surface area contributed by atoms with Gasteiger partial charge in [0.15, 0.2) is 0 Å². The van der Waals surface area contributed by atoms with E-state index in [4.69, 9.17) is 0 Å². The lowest BCUT2D eigenvalue weighted by Gasteiger charge is -2.04. The van der Waals surface area contributed by atoms with Gasteiger partial charge in [-0.05, 0) is 25.1 Å². The van der Waals surface area contributed by atoms with Gasteiger partial charge in [0, 0.05) is 16.0 Å². The minimum Gasteiger partial charge on any atom is -0.334 e. The van der Waals surface area contributed by atoms with E-state index < -0.39 is 12.0 Å². The van der Waals surface area contributed by atoms with Crippen LogP contribution in [0.1, 0.15) is 11.4 Å². The molecule has 23 heavy (non-hydrogen) atoms. The molecule has 2 aromatic carbocycles. The van der Waals surface area contributed by atoms with E-state index >= 15 is 0 Å². The predicted octanol–water partition coefficient (Wildman–Crippen LogP) is 5.36. The molecule has 6 heteroatoms. The van der Waals surface area contributed by atoms with Crippen molar-refractivity contribution in [3.05, 3.63) is 59.9 Å². The smallest absolute Gasteiger partial charge is 0.334 e. The van der Waals surface area contributed by atoms with Crippen LogP contribution < -0.4 is 0 Å². The van der Waals surface area contributed by atoms with Crippen LogP contribution in [0.3, 0.4) is 0 Å². The number of nitrogens with zero attached hydrogens (tertiary/aromatic N) is 1. The second kappa shape index (κ2) is 5.77. The fourth-order valence-corrected chi connectivity index (χ4v) is 2.49. The SMILES string of the molecule is Cc1cccc(-c2nc(C(F)(F)F)[nH]c2-c2ccc(S)cc2)c1. The van der Waals surface area contributed by atoms with Crippen molar-refractivity contribution in [2.75, 3.05) is 0 Å². The number of rotatable bonds is 2. The topological polar surface area (TPSA) is 28.7 Å². The lowest BCUT2D eigenvalue weighted by Crippen LogP contribution is -2.07. The molecule has 1 heterocycles. The zero-order valence-electron chi connectivity index (χ0n) is 12.1. The highest BCUT2D eigenvalue weighted by Gasteiger charge is 2.36. The summed E-state index contributed by atoms with van der Waals surface area (Å²) in [5.74, 6) is -1.00. The van der Waals surface area contributed by atoms with E-state index in [2.05, 4.69) is 22.6 Å². The summed E-state index contributed by atoms with van der Waals surface area (Å²) in [6, 6.07) is 14.1. The zero-order chi connectivity index (χ0) is 16.6. The van der Waals surface area contributed by atoms with Gasteiger partial charge in [0.1, 0.15) is 0 Å². The van der Waals surface area contributed by atoms with Crippen molar-refractivity contribution < 1.29 is 13.2 Å². The molecule has 0 fully saturated rings. The Balaban J connectivity index is 2.21. The number of hydrogen-bond donors (Lipinski definition) is 2. The van der Waals surface area contributed by atoms with Gasteiger partial charge < -0.3 is 4.98 Å². The van der Waals surface area contributed by atoms with Crippen LogP contribution in [0.4, 0.5) is 13.2 Å². The Kier molecular flexibility index (Phi) is 3.93. The Hall–Kier alpha value is -2.21. The number of benzene rings is 2. The summed E-state index contributed by atoms with van der Waals surface area (Å²) >= 11 is 4.20. The van der Waals surface area contributed by atoms with Crippen molar-refractivity contribution in [3.8, 4) is 22.5 Å². The van der Waals surface area contributed by atoms with Crippen molar-refractivity contribution in [1.82, 2.24) is 9.97 Å². The fraction of sp³-hybridized carbons (Fsp3) is 0.118. The molecule has 0 unspecified atom stereocenters. The summed E-state index contributed by atoms with van der Waals surface area (Å²) in [6.45, 7) is 1.89. The van der Waals surface area contributed by atoms with Gasteiger partial charge in [-0.1, -0.05) is 35.9 Å². The van der Waals surface area contributed by atoms with Crippen LogP contribution in [0.2, 0.25) is 0 Å². The molecule has 118 valence electrons. The maximum absolute atomic E-state index is 13.1. The fourth-order valence-electron chi connectivity index (χ4n) is 2.35. The van der Waals surface area contributed by atoms with Gasteiger partial charge in [0.2, 0.25) is 5.82 Å². The van der Waals surface area contributed by atoms with E-state index in [1.165, 1.54) is 0 Å². The molecule has 0 aliphatic heterocycles. The minimum atomic E-state index is -4.53. The molecule has 1 aromatic heterocycles. The minimum absolute atomic E-state index is 0.285. The monoisotopic (exact) mass is 334 g/mol. The van der Waals surface area contributed by atoms with Crippen LogP contribution in [0, 0.1) is 6.92 Å². The number of halogens is 3. The van der Waals surface area contributed by atoms with Crippen LogP contribution in [0.15, 0.2) is 53.4 Å². The van der Waals surface area contributed by atoms with E-state index in [9.17, 15) is 13.2 Å². The van der Waals surface area contributed by atoms with Gasteiger partial charge in [-0.3, -0.25) is 0 Å². The first-order valence-corrected chi connectivity index (χ1v) is 7.33. The molecular weight excluding hydrogens is 321 g/mol. The zero-order valence-corrected chi connectivity index (χ0v) is 13.0. The van der Waals surface area contributed by atoms with Gasteiger partial charge in [0.25, 0.3) is 0 Å². The molecular formula is C17H13F3N2S. The number of aryl methyl sites for hydroxylation is 1. The molecule has 0 saturated heterocycles. The van der Waals surface area contributed by atoms with Crippen LogP contribution in [-0.4, -0.2) is 9.97 Å². The molecule has 1 N–H and O–H groups in total. The molecule has 3 aromatic rings. The van der Waals surface area contributed by atoms with E-state index in [0.29, 0.717) is 16.8 Å². The van der Waals surface area contributed by atoms with Gasteiger partial charge >= 0.3 is 6.18 Å². The number of imidazole rings is 1. The van der Waals surface area contributed by atoms with Gasteiger partial charge in [-0.15, -0.1) is 12.6 Å². The number of thiol groups is 1. The Morgan fingerprint density at radius 2 is 1.70 bits per heavy atom. The quantitative estimate of drug-likeness (QED) is 0.607. The van der Waals surface area contributed by atoms with Crippen molar-refractivity contribution in [2.24, 2.45) is 0 Å². The number of alkyl halides is 3. The molecule has 2 nitrogen and oxygen atoms in total. The second-order valence-electron chi connectivity index (χ2n) is 5.22. The number of nitrogens with one attached hydrogen (secondary N) is 1. The molecule has 0 atom stereocenters. The maximum atomic E-state index is 13.1. The summed E-state index contributed by atoms with van der Waals surface area (Å²) < 4.78 is 39.2. The van der Waals surface area contributed by atoms with Crippen molar-refractivity contribution in [3.63, 3.8) is 0 Å². The molecule has 0 bridgehead atoms. The standard InChI is InChI=1S/C17H13F3N2S/c1-10-3-2-4-12(9-10)15-14(11-5-7-13(23)8-6-11)21-16(22-15)17(18,19)20/h2-9,23H,1H3,(H,21,22). The normalized spacial score (nSPS) is 11.7. The number of aromatic amines is 1. The van der Waals surface area contributed by atoms with Gasteiger partial charge in [-0.25, -0.2) is 4.98 Å². The Bertz CT molecular complexity index is 836. The first-order chi connectivity index (χ1) is 10.8. The highest BCUT2D eigenvalue weighted by Crippen LogP contribution is 2.36. The van der Waals surface area contributed by atoms with Crippen LogP contribution in [0.25, 0.3) is 22.5 Å². The van der Waals surface area contributed by atoms with E-state index in [1.54, 1.807) is 36.4 Å². The van der Waals surface area contributed by atoms with Gasteiger partial charge in [-0.2, -0.15) is 13.2 Å². The van der Waals surface area contributed by atoms with Crippen molar-refractivity contribution in [1.29, 1.82) is 0 Å².